The first kappa shape index (κ1) is 26.5. The van der Waals surface area contributed by atoms with Crippen LogP contribution in [0.4, 0.5) is 5.13 Å². The lowest BCUT2D eigenvalue weighted by Gasteiger charge is -2.30. The third-order valence-electron chi connectivity index (χ3n) is 7.26. The summed E-state index contributed by atoms with van der Waals surface area (Å²) in [6.07, 6.45) is 9.39. The molecule has 9 heteroatoms. The van der Waals surface area contributed by atoms with Gasteiger partial charge in [-0.05, 0) is 72.9 Å². The minimum Gasteiger partial charge on any atom is -0.279 e. The van der Waals surface area contributed by atoms with Crippen molar-refractivity contribution in [1.82, 2.24) is 14.3 Å². The Hall–Kier alpha value is -3.14. The third kappa shape index (κ3) is 5.50. The van der Waals surface area contributed by atoms with Gasteiger partial charge in [-0.2, -0.15) is 4.31 Å². The molecule has 0 aliphatic heterocycles. The average Bonchev–Trinajstić information content (AvgIpc) is 3.39. The van der Waals surface area contributed by atoms with Crippen LogP contribution in [0.3, 0.4) is 0 Å². The van der Waals surface area contributed by atoms with Gasteiger partial charge in [0.2, 0.25) is 10.0 Å². The summed E-state index contributed by atoms with van der Waals surface area (Å²) in [5.74, 6) is -0.242. The lowest BCUT2D eigenvalue weighted by atomic mass is 9.96. The van der Waals surface area contributed by atoms with Crippen LogP contribution in [0.15, 0.2) is 71.9 Å². The predicted octanol–water partition coefficient (Wildman–Crippen LogP) is 6.05. The number of hydrogen-bond donors (Lipinski definition) is 0. The van der Waals surface area contributed by atoms with Crippen molar-refractivity contribution in [2.75, 3.05) is 11.9 Å². The summed E-state index contributed by atoms with van der Waals surface area (Å²) in [7, 11) is -1.97. The molecule has 2 aromatic heterocycles. The molecule has 0 N–H and O–H groups in total. The Kier molecular flexibility index (Phi) is 7.88. The average molecular weight is 549 g/mol. The minimum absolute atomic E-state index is 0.0253. The predicted molar refractivity (Wildman–Crippen MR) is 152 cm³/mol. The summed E-state index contributed by atoms with van der Waals surface area (Å²) < 4.78 is 29.1. The number of aromatic nitrogens is 2. The molecule has 0 saturated heterocycles. The molecule has 1 aliphatic rings. The second-order valence-electron chi connectivity index (χ2n) is 9.74. The monoisotopic (exact) mass is 548 g/mol. The Bertz CT molecular complexity index is 1510. The molecule has 1 saturated carbocycles. The van der Waals surface area contributed by atoms with Crippen molar-refractivity contribution in [3.8, 4) is 0 Å². The normalized spacial score (nSPS) is 14.7. The van der Waals surface area contributed by atoms with E-state index >= 15 is 0 Å². The number of amides is 1. The number of nitrogens with zero attached hydrogens (tertiary/aromatic N) is 4. The molecule has 2 heterocycles. The van der Waals surface area contributed by atoms with Gasteiger partial charge in [-0.3, -0.25) is 14.7 Å². The number of aryl methyl sites for hydroxylation is 1. The molecule has 5 rings (SSSR count). The van der Waals surface area contributed by atoms with Crippen molar-refractivity contribution < 1.29 is 13.2 Å². The van der Waals surface area contributed by atoms with Gasteiger partial charge in [0, 0.05) is 31.0 Å². The van der Waals surface area contributed by atoms with Gasteiger partial charge in [0.15, 0.2) is 5.13 Å². The first-order chi connectivity index (χ1) is 18.4. The van der Waals surface area contributed by atoms with Crippen molar-refractivity contribution >= 4 is 42.6 Å². The standard InChI is InChI=1S/C29H32N4O3S2/c1-3-21-11-16-26-27(18-21)37-29(31-26)33(20-22-8-7-17-30-19-22)28(34)23-12-14-25(15-13-23)38(35,36)32(2)24-9-5-4-6-10-24/h7-8,11-19,24H,3-6,9-10,20H2,1-2H3. The van der Waals surface area contributed by atoms with E-state index < -0.39 is 10.0 Å². The van der Waals surface area contributed by atoms with Crippen LogP contribution in [0.5, 0.6) is 0 Å². The number of carbonyl (C=O) groups is 1. The maximum Gasteiger partial charge on any atom is 0.260 e. The van der Waals surface area contributed by atoms with Gasteiger partial charge in [-0.15, -0.1) is 0 Å². The molecule has 1 aliphatic carbocycles. The summed E-state index contributed by atoms with van der Waals surface area (Å²) in [4.78, 5) is 24.6. The second kappa shape index (κ2) is 11.3. The molecule has 0 atom stereocenters. The molecule has 7 nitrogen and oxygen atoms in total. The Morgan fingerprint density at radius 3 is 2.47 bits per heavy atom. The largest absolute Gasteiger partial charge is 0.279 e. The molecule has 0 bridgehead atoms. The van der Waals surface area contributed by atoms with Crippen molar-refractivity contribution in [3.05, 3.63) is 83.7 Å². The molecule has 198 valence electrons. The van der Waals surface area contributed by atoms with Gasteiger partial charge < -0.3 is 0 Å². The highest BCUT2D eigenvalue weighted by atomic mass is 32.2. The molecular weight excluding hydrogens is 516 g/mol. The molecule has 38 heavy (non-hydrogen) atoms. The number of fused-ring (bicyclic) bond motifs is 1. The summed E-state index contributed by atoms with van der Waals surface area (Å²) in [6, 6.07) is 16.2. The summed E-state index contributed by atoms with van der Waals surface area (Å²) >= 11 is 1.48. The highest BCUT2D eigenvalue weighted by Gasteiger charge is 2.29. The van der Waals surface area contributed by atoms with Crippen molar-refractivity contribution in [1.29, 1.82) is 0 Å². The molecular formula is C29H32N4O3S2. The van der Waals surface area contributed by atoms with Crippen LogP contribution in [-0.4, -0.2) is 41.7 Å². The quantitative estimate of drug-likeness (QED) is 0.268. The first-order valence-electron chi connectivity index (χ1n) is 13.0. The van der Waals surface area contributed by atoms with E-state index in [0.717, 1.165) is 54.3 Å². The SMILES string of the molecule is CCc1ccc2nc(N(Cc3cccnc3)C(=O)c3ccc(S(=O)(=O)N(C)C4CCCCC4)cc3)sc2c1. The zero-order valence-corrected chi connectivity index (χ0v) is 23.3. The molecule has 1 fully saturated rings. The summed E-state index contributed by atoms with van der Waals surface area (Å²) in [5, 5.41) is 0.593. The molecule has 4 aromatic rings. The van der Waals surface area contributed by atoms with E-state index in [1.54, 1.807) is 36.5 Å². The highest BCUT2D eigenvalue weighted by Crippen LogP contribution is 2.32. The van der Waals surface area contributed by atoms with Gasteiger partial charge in [0.1, 0.15) is 0 Å². The lowest BCUT2D eigenvalue weighted by Crippen LogP contribution is -2.38. The maximum absolute atomic E-state index is 13.8. The number of anilines is 1. The number of rotatable bonds is 8. The fourth-order valence-electron chi connectivity index (χ4n) is 4.93. The van der Waals surface area contributed by atoms with Crippen molar-refractivity contribution in [3.63, 3.8) is 0 Å². The fourth-order valence-corrected chi connectivity index (χ4v) is 7.37. The lowest BCUT2D eigenvalue weighted by molar-refractivity contribution is 0.0985. The van der Waals surface area contributed by atoms with Crippen LogP contribution >= 0.6 is 11.3 Å². The van der Waals surface area contributed by atoms with Crippen LogP contribution in [0, 0.1) is 0 Å². The van der Waals surface area contributed by atoms with E-state index in [1.807, 2.05) is 18.2 Å². The van der Waals surface area contributed by atoms with Crippen LogP contribution < -0.4 is 4.90 Å². The number of thiazole rings is 1. The molecule has 1 amide bonds. The topological polar surface area (TPSA) is 83.5 Å². The van der Waals surface area contributed by atoms with Crippen LogP contribution in [0.1, 0.15) is 60.5 Å². The Morgan fingerprint density at radius 2 is 1.79 bits per heavy atom. The molecule has 0 unspecified atom stereocenters. The molecule has 0 spiro atoms. The first-order valence-corrected chi connectivity index (χ1v) is 15.3. The Balaban J connectivity index is 1.44. The Morgan fingerprint density at radius 1 is 1.03 bits per heavy atom. The number of benzene rings is 2. The van der Waals surface area contributed by atoms with E-state index in [1.165, 1.54) is 33.3 Å². The molecule has 0 radical (unpaired) electrons. The number of hydrogen-bond acceptors (Lipinski definition) is 6. The number of pyridine rings is 1. The summed E-state index contributed by atoms with van der Waals surface area (Å²) in [5.41, 5.74) is 3.34. The van der Waals surface area contributed by atoms with Crippen LogP contribution in [0.2, 0.25) is 0 Å². The van der Waals surface area contributed by atoms with E-state index in [4.69, 9.17) is 4.98 Å². The van der Waals surface area contributed by atoms with Gasteiger partial charge in [0.05, 0.1) is 21.7 Å². The van der Waals surface area contributed by atoms with Gasteiger partial charge >= 0.3 is 0 Å². The van der Waals surface area contributed by atoms with Crippen molar-refractivity contribution in [2.24, 2.45) is 0 Å². The smallest absolute Gasteiger partial charge is 0.260 e. The van der Waals surface area contributed by atoms with Crippen LogP contribution in [-0.2, 0) is 23.0 Å². The zero-order chi connectivity index (χ0) is 26.7. The van der Waals surface area contributed by atoms with E-state index in [-0.39, 0.29) is 16.8 Å². The van der Waals surface area contributed by atoms with Gasteiger partial charge in [-0.1, -0.05) is 49.7 Å². The maximum atomic E-state index is 13.8. The Labute approximate surface area is 228 Å². The summed E-state index contributed by atoms with van der Waals surface area (Å²) in [6.45, 7) is 2.41. The van der Waals surface area contributed by atoms with Crippen molar-refractivity contribution in [2.45, 2.75) is 62.9 Å². The zero-order valence-electron chi connectivity index (χ0n) is 21.7. The molecule has 2 aromatic carbocycles. The number of sulfonamides is 1. The van der Waals surface area contributed by atoms with Gasteiger partial charge in [-0.25, -0.2) is 13.4 Å². The highest BCUT2D eigenvalue weighted by molar-refractivity contribution is 7.89. The van der Waals surface area contributed by atoms with E-state index in [9.17, 15) is 13.2 Å². The van der Waals surface area contributed by atoms with Crippen LogP contribution in [0.25, 0.3) is 10.2 Å². The second-order valence-corrected chi connectivity index (χ2v) is 12.7. The third-order valence-corrected chi connectivity index (χ3v) is 10.2. The fraction of sp³-hybridized carbons (Fsp3) is 0.345. The number of carbonyl (C=O) groups excluding carboxylic acids is 1. The minimum atomic E-state index is -3.64. The van der Waals surface area contributed by atoms with E-state index in [2.05, 4.69) is 24.0 Å². The van der Waals surface area contributed by atoms with E-state index in [0.29, 0.717) is 17.2 Å². The van der Waals surface area contributed by atoms with Gasteiger partial charge in [0.25, 0.3) is 5.91 Å².